The van der Waals surface area contributed by atoms with Gasteiger partial charge < -0.3 is 11.1 Å². The van der Waals surface area contributed by atoms with Gasteiger partial charge in [0, 0.05) is 5.69 Å². The lowest BCUT2D eigenvalue weighted by Crippen LogP contribution is -2.48. The van der Waals surface area contributed by atoms with Gasteiger partial charge in [-0.1, -0.05) is 18.9 Å². The fourth-order valence-electron chi connectivity index (χ4n) is 2.21. The minimum absolute atomic E-state index is 0.205. The number of carbonyl (C=O) groups is 1. The summed E-state index contributed by atoms with van der Waals surface area (Å²) in [4.78, 5) is 12.0. The molecule has 1 amide bonds. The fraction of sp³-hybridized carbons (Fsp3) is 0.462. The van der Waals surface area contributed by atoms with Crippen LogP contribution in [0, 0.1) is 12.7 Å². The van der Waals surface area contributed by atoms with Crippen LogP contribution in [0.4, 0.5) is 10.1 Å². The SMILES string of the molecule is Cc1ccc(F)cc1NC(=O)C1(N)CCCC1. The third-order valence-corrected chi connectivity index (χ3v) is 3.40. The lowest BCUT2D eigenvalue weighted by molar-refractivity contribution is -0.121. The van der Waals surface area contributed by atoms with Gasteiger partial charge in [0.05, 0.1) is 5.54 Å². The molecule has 0 saturated heterocycles. The second-order valence-electron chi connectivity index (χ2n) is 4.78. The molecule has 0 aromatic heterocycles. The Morgan fingerprint density at radius 2 is 2.06 bits per heavy atom. The quantitative estimate of drug-likeness (QED) is 0.828. The van der Waals surface area contributed by atoms with Gasteiger partial charge in [-0.15, -0.1) is 0 Å². The second-order valence-corrected chi connectivity index (χ2v) is 4.78. The molecule has 1 aliphatic carbocycles. The van der Waals surface area contributed by atoms with E-state index in [0.717, 1.165) is 18.4 Å². The van der Waals surface area contributed by atoms with Gasteiger partial charge >= 0.3 is 0 Å². The first-order chi connectivity index (χ1) is 8.01. The Labute approximate surface area is 100 Å². The Kier molecular flexibility index (Phi) is 3.15. The maximum Gasteiger partial charge on any atom is 0.244 e. The molecule has 1 saturated carbocycles. The van der Waals surface area contributed by atoms with Crippen molar-refractivity contribution in [1.29, 1.82) is 0 Å². The van der Waals surface area contributed by atoms with Gasteiger partial charge in [0.2, 0.25) is 5.91 Å². The highest BCUT2D eigenvalue weighted by Crippen LogP contribution is 2.29. The monoisotopic (exact) mass is 236 g/mol. The largest absolute Gasteiger partial charge is 0.324 e. The summed E-state index contributed by atoms with van der Waals surface area (Å²) in [5.74, 6) is -0.563. The van der Waals surface area contributed by atoms with Crippen LogP contribution in [0.2, 0.25) is 0 Å². The van der Waals surface area contributed by atoms with Crippen molar-refractivity contribution >= 4 is 11.6 Å². The second kappa shape index (κ2) is 4.45. The molecule has 92 valence electrons. The van der Waals surface area contributed by atoms with E-state index in [-0.39, 0.29) is 11.7 Å². The molecular weight excluding hydrogens is 219 g/mol. The van der Waals surface area contributed by atoms with Crippen LogP contribution in [-0.2, 0) is 4.79 Å². The van der Waals surface area contributed by atoms with Crippen molar-refractivity contribution in [3.05, 3.63) is 29.6 Å². The van der Waals surface area contributed by atoms with Crippen molar-refractivity contribution in [2.24, 2.45) is 5.73 Å². The van der Waals surface area contributed by atoms with E-state index in [1.54, 1.807) is 6.07 Å². The predicted octanol–water partition coefficient (Wildman–Crippen LogP) is 2.34. The molecule has 17 heavy (non-hydrogen) atoms. The first-order valence-electron chi connectivity index (χ1n) is 5.88. The number of nitrogens with two attached hydrogens (primary N) is 1. The highest BCUT2D eigenvalue weighted by Gasteiger charge is 2.37. The van der Waals surface area contributed by atoms with Crippen molar-refractivity contribution < 1.29 is 9.18 Å². The van der Waals surface area contributed by atoms with Crippen molar-refractivity contribution in [2.75, 3.05) is 5.32 Å². The number of halogens is 1. The Hall–Kier alpha value is -1.42. The van der Waals surface area contributed by atoms with Gasteiger partial charge in [-0.25, -0.2) is 4.39 Å². The molecule has 0 radical (unpaired) electrons. The summed E-state index contributed by atoms with van der Waals surface area (Å²) < 4.78 is 13.1. The first-order valence-corrected chi connectivity index (χ1v) is 5.88. The van der Waals surface area contributed by atoms with Crippen LogP contribution in [0.3, 0.4) is 0 Å². The molecule has 0 unspecified atom stereocenters. The first kappa shape index (κ1) is 12.0. The third kappa shape index (κ3) is 2.47. The molecular formula is C13H17FN2O. The number of hydrogen-bond acceptors (Lipinski definition) is 2. The number of aryl methyl sites for hydroxylation is 1. The molecule has 3 nitrogen and oxygen atoms in total. The zero-order valence-corrected chi connectivity index (χ0v) is 9.92. The lowest BCUT2D eigenvalue weighted by atomic mass is 9.98. The normalized spacial score (nSPS) is 18.1. The Morgan fingerprint density at radius 1 is 1.41 bits per heavy atom. The molecule has 0 bridgehead atoms. The van der Waals surface area contributed by atoms with E-state index < -0.39 is 5.54 Å². The minimum Gasteiger partial charge on any atom is -0.324 e. The third-order valence-electron chi connectivity index (χ3n) is 3.40. The number of hydrogen-bond donors (Lipinski definition) is 2. The van der Waals surface area contributed by atoms with Crippen LogP contribution in [-0.4, -0.2) is 11.4 Å². The number of carbonyl (C=O) groups excluding carboxylic acids is 1. The number of rotatable bonds is 2. The Morgan fingerprint density at radius 3 is 2.71 bits per heavy atom. The molecule has 1 aromatic carbocycles. The summed E-state index contributed by atoms with van der Waals surface area (Å²) in [6.07, 6.45) is 3.36. The summed E-state index contributed by atoms with van der Waals surface area (Å²) in [5, 5.41) is 2.73. The van der Waals surface area contributed by atoms with Gasteiger partial charge in [0.25, 0.3) is 0 Å². The maximum atomic E-state index is 13.1. The Balaban J connectivity index is 2.15. The number of anilines is 1. The summed E-state index contributed by atoms with van der Waals surface area (Å²) in [7, 11) is 0. The fourth-order valence-corrected chi connectivity index (χ4v) is 2.21. The van der Waals surface area contributed by atoms with Gasteiger partial charge in [-0.3, -0.25) is 4.79 Å². The van der Waals surface area contributed by atoms with Crippen LogP contribution < -0.4 is 11.1 Å². The molecule has 0 heterocycles. The Bertz CT molecular complexity index is 439. The average Bonchev–Trinajstić information content (AvgIpc) is 2.72. The van der Waals surface area contributed by atoms with Crippen molar-refractivity contribution in [1.82, 2.24) is 0 Å². The molecule has 0 aliphatic heterocycles. The van der Waals surface area contributed by atoms with Gasteiger partial charge in [0.1, 0.15) is 5.82 Å². The molecule has 0 spiro atoms. The highest BCUT2D eigenvalue weighted by atomic mass is 19.1. The summed E-state index contributed by atoms with van der Waals surface area (Å²) in [6.45, 7) is 1.83. The zero-order chi connectivity index (χ0) is 12.5. The molecule has 1 aliphatic rings. The highest BCUT2D eigenvalue weighted by molar-refractivity contribution is 5.98. The predicted molar refractivity (Wildman–Crippen MR) is 65.2 cm³/mol. The van der Waals surface area contributed by atoms with Crippen LogP contribution in [0.25, 0.3) is 0 Å². The smallest absolute Gasteiger partial charge is 0.244 e. The average molecular weight is 236 g/mol. The molecule has 3 N–H and O–H groups in total. The van der Waals surface area contributed by atoms with Gasteiger partial charge in [-0.2, -0.15) is 0 Å². The lowest BCUT2D eigenvalue weighted by Gasteiger charge is -2.22. The van der Waals surface area contributed by atoms with E-state index in [1.807, 2.05) is 6.92 Å². The van der Waals surface area contributed by atoms with E-state index in [4.69, 9.17) is 5.73 Å². The van der Waals surface area contributed by atoms with Crippen LogP contribution >= 0.6 is 0 Å². The summed E-state index contributed by atoms with van der Waals surface area (Å²) in [5.41, 5.74) is 6.59. The molecule has 4 heteroatoms. The van der Waals surface area contributed by atoms with Crippen LogP contribution in [0.5, 0.6) is 0 Å². The molecule has 2 rings (SSSR count). The van der Waals surface area contributed by atoms with E-state index >= 15 is 0 Å². The van der Waals surface area contributed by atoms with Crippen LogP contribution in [0.1, 0.15) is 31.2 Å². The standard InChI is InChI=1S/C13H17FN2O/c1-9-4-5-10(14)8-11(9)16-12(17)13(15)6-2-3-7-13/h4-5,8H,2-3,6-7,15H2,1H3,(H,16,17). The number of nitrogens with one attached hydrogen (secondary N) is 1. The van der Waals surface area contributed by atoms with Crippen molar-refractivity contribution in [3.63, 3.8) is 0 Å². The summed E-state index contributed by atoms with van der Waals surface area (Å²) >= 11 is 0. The van der Waals surface area contributed by atoms with Crippen molar-refractivity contribution in [2.45, 2.75) is 38.1 Å². The maximum absolute atomic E-state index is 13.1. The summed E-state index contributed by atoms with van der Waals surface area (Å²) in [6, 6.07) is 4.34. The van der Waals surface area contributed by atoms with Crippen LogP contribution in [0.15, 0.2) is 18.2 Å². The topological polar surface area (TPSA) is 55.1 Å². The number of amides is 1. The minimum atomic E-state index is -0.779. The number of benzene rings is 1. The van der Waals surface area contributed by atoms with E-state index in [9.17, 15) is 9.18 Å². The zero-order valence-electron chi connectivity index (χ0n) is 9.92. The van der Waals surface area contributed by atoms with Crippen molar-refractivity contribution in [3.8, 4) is 0 Å². The van der Waals surface area contributed by atoms with E-state index in [0.29, 0.717) is 18.5 Å². The molecule has 0 atom stereocenters. The van der Waals surface area contributed by atoms with Gasteiger partial charge in [-0.05, 0) is 37.5 Å². The molecule has 1 aromatic rings. The molecule has 1 fully saturated rings. The van der Waals surface area contributed by atoms with E-state index in [2.05, 4.69) is 5.32 Å². The van der Waals surface area contributed by atoms with E-state index in [1.165, 1.54) is 12.1 Å². The van der Waals surface area contributed by atoms with Gasteiger partial charge in [0.15, 0.2) is 0 Å².